The Kier molecular flexibility index (Phi) is 3.23. The molecule has 0 bridgehead atoms. The van der Waals surface area contributed by atoms with E-state index in [4.69, 9.17) is 4.74 Å². The number of carbonyl (C=O) groups is 1. The van der Waals surface area contributed by atoms with Gasteiger partial charge in [0.25, 0.3) is 5.91 Å². The lowest BCUT2D eigenvalue weighted by Crippen LogP contribution is -2.45. The van der Waals surface area contributed by atoms with E-state index in [1.54, 1.807) is 4.90 Å². The highest BCUT2D eigenvalue weighted by Crippen LogP contribution is 2.30. The normalized spacial score (nSPS) is 14.5. The van der Waals surface area contributed by atoms with Crippen LogP contribution in [0, 0.1) is 0 Å². The number of carbonyl (C=O) groups excluding carboxylic acids is 1. The average molecular weight is 272 g/mol. The molecule has 104 valence electrons. The molecule has 0 saturated heterocycles. The molecule has 0 saturated carbocycles. The quantitative estimate of drug-likeness (QED) is 0.818. The molecule has 0 unspecified atom stereocenters. The number of hydrogen-bond donors (Lipinski definition) is 0. The number of hydrogen-bond acceptors (Lipinski definition) is 5. The monoisotopic (exact) mass is 272 g/mol. The fraction of sp³-hybridized carbons (Fsp3) is 0.357. The second-order valence-electron chi connectivity index (χ2n) is 4.76. The number of anilines is 2. The maximum Gasteiger partial charge on any atom is 0.254 e. The molecule has 0 aliphatic carbocycles. The van der Waals surface area contributed by atoms with Crippen LogP contribution in [0.5, 0.6) is 0 Å². The van der Waals surface area contributed by atoms with Crippen molar-refractivity contribution >= 4 is 28.6 Å². The van der Waals surface area contributed by atoms with E-state index in [-0.39, 0.29) is 12.5 Å². The number of fused-ring (bicyclic) bond motifs is 2. The van der Waals surface area contributed by atoms with Crippen molar-refractivity contribution in [2.24, 2.45) is 0 Å². The van der Waals surface area contributed by atoms with Gasteiger partial charge in [-0.3, -0.25) is 9.69 Å². The average Bonchev–Trinajstić information content (AvgIpc) is 2.46. The van der Waals surface area contributed by atoms with Crippen LogP contribution in [0.2, 0.25) is 0 Å². The number of methoxy groups -OCH3 is 1. The van der Waals surface area contributed by atoms with Crippen LogP contribution in [-0.4, -0.2) is 49.7 Å². The summed E-state index contributed by atoms with van der Waals surface area (Å²) in [5.41, 5.74) is 1.62. The second kappa shape index (κ2) is 5.05. The van der Waals surface area contributed by atoms with Crippen LogP contribution in [0.3, 0.4) is 0 Å². The number of likely N-dealkylation sites (N-methyl/N-ethyl adjacent to an activating group) is 1. The second-order valence-corrected chi connectivity index (χ2v) is 4.76. The van der Waals surface area contributed by atoms with E-state index in [9.17, 15) is 4.79 Å². The van der Waals surface area contributed by atoms with Gasteiger partial charge in [-0.15, -0.1) is 0 Å². The van der Waals surface area contributed by atoms with Crippen LogP contribution in [0.1, 0.15) is 0 Å². The van der Waals surface area contributed by atoms with Gasteiger partial charge in [0.15, 0.2) is 11.6 Å². The first-order valence-electron chi connectivity index (χ1n) is 6.48. The maximum atomic E-state index is 12.1. The van der Waals surface area contributed by atoms with Crippen molar-refractivity contribution in [1.29, 1.82) is 0 Å². The van der Waals surface area contributed by atoms with Gasteiger partial charge in [0, 0.05) is 27.2 Å². The number of aromatic nitrogens is 2. The molecule has 0 radical (unpaired) electrons. The van der Waals surface area contributed by atoms with Crippen LogP contribution in [0.15, 0.2) is 24.3 Å². The van der Waals surface area contributed by atoms with Crippen molar-refractivity contribution in [3.8, 4) is 0 Å². The van der Waals surface area contributed by atoms with Crippen molar-refractivity contribution in [1.82, 2.24) is 9.97 Å². The lowest BCUT2D eigenvalue weighted by atomic mass is 10.2. The predicted molar refractivity (Wildman–Crippen MR) is 77.0 cm³/mol. The van der Waals surface area contributed by atoms with Crippen molar-refractivity contribution in [2.45, 2.75) is 0 Å². The van der Waals surface area contributed by atoms with Crippen LogP contribution < -0.4 is 9.80 Å². The largest absolute Gasteiger partial charge is 0.375 e. The van der Waals surface area contributed by atoms with E-state index in [1.807, 2.05) is 36.2 Å². The lowest BCUT2D eigenvalue weighted by Gasteiger charge is -2.33. The number of ether oxygens (including phenoxy) is 1. The number of benzene rings is 1. The Morgan fingerprint density at radius 3 is 2.50 bits per heavy atom. The first kappa shape index (κ1) is 12.8. The maximum absolute atomic E-state index is 12.1. The lowest BCUT2D eigenvalue weighted by molar-refractivity contribution is -0.122. The van der Waals surface area contributed by atoms with Gasteiger partial charge in [0.05, 0.1) is 11.0 Å². The molecular weight excluding hydrogens is 256 g/mol. The summed E-state index contributed by atoms with van der Waals surface area (Å²) < 4.78 is 4.93. The topological polar surface area (TPSA) is 58.6 Å². The standard InChI is InChI=1S/C14H16N4O2/c1-17-7-8-18(12(19)9-20-2)14-13(17)15-10-5-3-4-6-11(10)16-14/h3-6H,7-9H2,1-2H3. The number of nitrogens with zero attached hydrogens (tertiary/aromatic N) is 4. The fourth-order valence-corrected chi connectivity index (χ4v) is 2.32. The SMILES string of the molecule is COCC(=O)N1CCN(C)c2nc3ccccc3nc21. The zero-order valence-electron chi connectivity index (χ0n) is 11.5. The minimum absolute atomic E-state index is 0.0532. The highest BCUT2D eigenvalue weighted by atomic mass is 16.5. The van der Waals surface area contributed by atoms with Gasteiger partial charge in [0.1, 0.15) is 6.61 Å². The smallest absolute Gasteiger partial charge is 0.254 e. The zero-order chi connectivity index (χ0) is 14.1. The van der Waals surface area contributed by atoms with Gasteiger partial charge in [-0.1, -0.05) is 12.1 Å². The van der Waals surface area contributed by atoms with Crippen molar-refractivity contribution in [3.63, 3.8) is 0 Å². The number of para-hydroxylation sites is 2. The van der Waals surface area contributed by atoms with Crippen LogP contribution in [0.25, 0.3) is 11.0 Å². The summed E-state index contributed by atoms with van der Waals surface area (Å²) >= 11 is 0. The van der Waals surface area contributed by atoms with Gasteiger partial charge in [0.2, 0.25) is 0 Å². The highest BCUT2D eigenvalue weighted by molar-refractivity contribution is 5.98. The van der Waals surface area contributed by atoms with E-state index in [2.05, 4.69) is 9.97 Å². The third-order valence-electron chi connectivity index (χ3n) is 3.38. The highest BCUT2D eigenvalue weighted by Gasteiger charge is 2.28. The summed E-state index contributed by atoms with van der Waals surface area (Å²) in [7, 11) is 3.47. The molecule has 2 aromatic rings. The Bertz CT molecular complexity index is 659. The first-order chi connectivity index (χ1) is 9.70. The molecule has 2 heterocycles. The van der Waals surface area contributed by atoms with Crippen LogP contribution in [0.4, 0.5) is 11.6 Å². The van der Waals surface area contributed by atoms with Crippen molar-refractivity contribution in [3.05, 3.63) is 24.3 Å². The van der Waals surface area contributed by atoms with E-state index in [1.165, 1.54) is 7.11 Å². The number of amides is 1. The van der Waals surface area contributed by atoms with Gasteiger partial charge in [-0.05, 0) is 12.1 Å². The van der Waals surface area contributed by atoms with Crippen molar-refractivity contribution in [2.75, 3.05) is 43.7 Å². The molecule has 1 aliphatic heterocycles. The Labute approximate surface area is 117 Å². The van der Waals surface area contributed by atoms with Crippen molar-refractivity contribution < 1.29 is 9.53 Å². The molecule has 20 heavy (non-hydrogen) atoms. The van der Waals surface area contributed by atoms with E-state index in [0.29, 0.717) is 12.4 Å². The summed E-state index contributed by atoms with van der Waals surface area (Å²) in [6, 6.07) is 7.67. The summed E-state index contributed by atoms with van der Waals surface area (Å²) in [6.07, 6.45) is 0. The Morgan fingerprint density at radius 2 is 1.85 bits per heavy atom. The molecule has 0 atom stereocenters. The van der Waals surface area contributed by atoms with Gasteiger partial charge in [-0.25, -0.2) is 9.97 Å². The van der Waals surface area contributed by atoms with E-state index >= 15 is 0 Å². The predicted octanol–water partition coefficient (Wildman–Crippen LogP) is 1.06. The third-order valence-corrected chi connectivity index (χ3v) is 3.38. The van der Waals surface area contributed by atoms with Gasteiger partial charge < -0.3 is 9.64 Å². The molecule has 1 aliphatic rings. The molecular formula is C14H16N4O2. The summed E-state index contributed by atoms with van der Waals surface area (Å²) in [6.45, 7) is 1.38. The molecule has 0 N–H and O–H groups in total. The molecule has 6 heteroatoms. The van der Waals surface area contributed by atoms with E-state index in [0.717, 1.165) is 23.4 Å². The van der Waals surface area contributed by atoms with Crippen LogP contribution >= 0.6 is 0 Å². The summed E-state index contributed by atoms with van der Waals surface area (Å²) in [5, 5.41) is 0. The molecule has 3 rings (SSSR count). The molecule has 0 fully saturated rings. The number of rotatable bonds is 2. The van der Waals surface area contributed by atoms with Crippen LogP contribution in [-0.2, 0) is 9.53 Å². The molecule has 1 aromatic carbocycles. The first-order valence-corrected chi connectivity index (χ1v) is 6.48. The van der Waals surface area contributed by atoms with Gasteiger partial charge in [-0.2, -0.15) is 0 Å². The zero-order valence-corrected chi connectivity index (χ0v) is 11.5. The minimum Gasteiger partial charge on any atom is -0.375 e. The molecule has 0 spiro atoms. The molecule has 6 nitrogen and oxygen atoms in total. The molecule has 1 amide bonds. The van der Waals surface area contributed by atoms with Gasteiger partial charge >= 0.3 is 0 Å². The summed E-state index contributed by atoms with van der Waals surface area (Å²) in [4.78, 5) is 25.0. The fourth-order valence-electron chi connectivity index (χ4n) is 2.32. The Morgan fingerprint density at radius 1 is 1.20 bits per heavy atom. The Hall–Kier alpha value is -2.21. The Balaban J connectivity index is 2.12. The third kappa shape index (κ3) is 2.08. The van der Waals surface area contributed by atoms with E-state index < -0.39 is 0 Å². The summed E-state index contributed by atoms with van der Waals surface area (Å²) in [5.74, 6) is 1.25. The molecule has 1 aromatic heterocycles. The minimum atomic E-state index is -0.0913.